The summed E-state index contributed by atoms with van der Waals surface area (Å²) in [5.74, 6) is -1.04. The van der Waals surface area contributed by atoms with Crippen LogP contribution in [0.2, 0.25) is 0 Å². The molecule has 1 N–H and O–H groups in total. The average Bonchev–Trinajstić information content (AvgIpc) is 3.18. The Labute approximate surface area is 174 Å². The van der Waals surface area contributed by atoms with E-state index in [4.69, 9.17) is 4.98 Å². The van der Waals surface area contributed by atoms with Crippen molar-refractivity contribution >= 4 is 16.5 Å². The van der Waals surface area contributed by atoms with Crippen molar-refractivity contribution in [2.45, 2.75) is 31.7 Å². The molecule has 0 amide bonds. The van der Waals surface area contributed by atoms with Gasteiger partial charge in [-0.3, -0.25) is 4.90 Å². The fourth-order valence-corrected chi connectivity index (χ4v) is 5.11. The molecular weight excluding hydrogens is 388 g/mol. The van der Waals surface area contributed by atoms with E-state index in [1.807, 2.05) is 6.07 Å². The van der Waals surface area contributed by atoms with Crippen LogP contribution in [0.3, 0.4) is 0 Å². The van der Waals surface area contributed by atoms with Crippen molar-refractivity contribution in [2.75, 3.05) is 25.0 Å². The van der Waals surface area contributed by atoms with Crippen LogP contribution in [0.1, 0.15) is 36.6 Å². The number of thiazole rings is 1. The molecule has 152 valence electrons. The lowest BCUT2D eigenvalue weighted by atomic mass is 9.70. The molecule has 4 rings (SSSR count). The molecule has 0 aliphatic carbocycles. The van der Waals surface area contributed by atoms with Crippen LogP contribution in [0.15, 0.2) is 53.9 Å². The quantitative estimate of drug-likeness (QED) is 0.584. The first-order chi connectivity index (χ1) is 14.1. The van der Waals surface area contributed by atoms with E-state index in [2.05, 4.69) is 46.8 Å². The van der Waals surface area contributed by atoms with Crippen LogP contribution in [0.5, 0.6) is 0 Å². The predicted octanol–water partition coefficient (Wildman–Crippen LogP) is 5.44. The molecule has 2 heterocycles. The highest BCUT2D eigenvalue weighted by Crippen LogP contribution is 2.42. The van der Waals surface area contributed by atoms with E-state index in [-0.39, 0.29) is 5.41 Å². The Hall–Kier alpha value is -2.31. The molecule has 0 spiro atoms. The number of halogens is 2. The van der Waals surface area contributed by atoms with Crippen LogP contribution in [-0.2, 0) is 12.0 Å². The number of rotatable bonds is 6. The summed E-state index contributed by atoms with van der Waals surface area (Å²) in [6.07, 6.45) is 1.84. The normalized spacial score (nSPS) is 16.7. The molecule has 1 aliphatic rings. The molecule has 3 nitrogen and oxygen atoms in total. The van der Waals surface area contributed by atoms with Gasteiger partial charge in [-0.2, -0.15) is 0 Å². The second kappa shape index (κ2) is 8.59. The maximum atomic E-state index is 13.5. The van der Waals surface area contributed by atoms with Gasteiger partial charge in [-0.15, -0.1) is 11.3 Å². The molecule has 1 aromatic heterocycles. The number of nitrogens with one attached hydrogen (secondary N) is 1. The van der Waals surface area contributed by atoms with E-state index in [1.165, 1.54) is 17.7 Å². The number of hydrogen-bond donors (Lipinski definition) is 1. The maximum absolute atomic E-state index is 13.5. The topological polar surface area (TPSA) is 28.2 Å². The maximum Gasteiger partial charge on any atom is 0.182 e. The molecule has 6 heteroatoms. The number of hydrogen-bond acceptors (Lipinski definition) is 4. The minimum Gasteiger partial charge on any atom is -0.362 e. The Balaban J connectivity index is 1.56. The van der Waals surface area contributed by atoms with Crippen LogP contribution in [0, 0.1) is 11.6 Å². The SMILES string of the molecule is CCNc1nc(C2(c3ccccc3)CCN(Cc3cc(F)cc(F)c3)CC2)cs1. The summed E-state index contributed by atoms with van der Waals surface area (Å²) in [7, 11) is 0. The first-order valence-corrected chi connectivity index (χ1v) is 10.9. The van der Waals surface area contributed by atoms with E-state index < -0.39 is 11.6 Å². The number of aromatic nitrogens is 1. The van der Waals surface area contributed by atoms with Gasteiger partial charge in [0.1, 0.15) is 11.6 Å². The van der Waals surface area contributed by atoms with Gasteiger partial charge in [-0.05, 0) is 56.1 Å². The van der Waals surface area contributed by atoms with E-state index in [1.54, 1.807) is 11.3 Å². The van der Waals surface area contributed by atoms with E-state index >= 15 is 0 Å². The highest BCUT2D eigenvalue weighted by molar-refractivity contribution is 7.13. The standard InChI is InChI=1S/C23H25F2N3S/c1-2-26-22-27-21(16-29-22)23(18-6-4-3-5-7-18)8-10-28(11-9-23)15-17-12-19(24)14-20(25)13-17/h3-7,12-14,16H,2,8-11,15H2,1H3,(H,26,27). The molecule has 2 aromatic carbocycles. The predicted molar refractivity (Wildman–Crippen MR) is 114 cm³/mol. The van der Waals surface area contributed by atoms with Gasteiger partial charge in [0.05, 0.1) is 5.69 Å². The summed E-state index contributed by atoms with van der Waals surface area (Å²) in [6.45, 7) is 5.17. The van der Waals surface area contributed by atoms with E-state index in [0.717, 1.165) is 49.4 Å². The summed E-state index contributed by atoms with van der Waals surface area (Å²) in [5.41, 5.74) is 2.94. The van der Waals surface area contributed by atoms with Crippen LogP contribution in [-0.4, -0.2) is 29.5 Å². The Kier molecular flexibility index (Phi) is 5.92. The third-order valence-corrected chi connectivity index (χ3v) is 6.49. The number of benzene rings is 2. The fourth-order valence-electron chi connectivity index (χ4n) is 4.23. The van der Waals surface area contributed by atoms with Gasteiger partial charge < -0.3 is 5.32 Å². The lowest BCUT2D eigenvalue weighted by Gasteiger charge is -2.41. The van der Waals surface area contributed by atoms with E-state index in [9.17, 15) is 8.78 Å². The summed E-state index contributed by atoms with van der Waals surface area (Å²) < 4.78 is 27.1. The van der Waals surface area contributed by atoms with Crippen LogP contribution < -0.4 is 5.32 Å². The van der Waals surface area contributed by atoms with Crippen molar-refractivity contribution < 1.29 is 8.78 Å². The van der Waals surface area contributed by atoms with Crippen molar-refractivity contribution in [3.8, 4) is 0 Å². The molecule has 0 saturated carbocycles. The van der Waals surface area contributed by atoms with Crippen LogP contribution in [0.25, 0.3) is 0 Å². The Morgan fingerprint density at radius 3 is 2.41 bits per heavy atom. The smallest absolute Gasteiger partial charge is 0.182 e. The van der Waals surface area contributed by atoms with Gasteiger partial charge >= 0.3 is 0 Å². The summed E-state index contributed by atoms with van der Waals surface area (Å²) in [6, 6.07) is 14.3. The molecule has 29 heavy (non-hydrogen) atoms. The van der Waals surface area contributed by atoms with Crippen molar-refractivity contribution in [2.24, 2.45) is 0 Å². The number of piperidine rings is 1. The van der Waals surface area contributed by atoms with Gasteiger partial charge in [0.15, 0.2) is 5.13 Å². The zero-order chi connectivity index (χ0) is 20.3. The second-order valence-electron chi connectivity index (χ2n) is 7.57. The van der Waals surface area contributed by atoms with Gasteiger partial charge in [0.25, 0.3) is 0 Å². The lowest BCUT2D eigenvalue weighted by Crippen LogP contribution is -2.43. The largest absolute Gasteiger partial charge is 0.362 e. The summed E-state index contributed by atoms with van der Waals surface area (Å²) >= 11 is 1.65. The zero-order valence-electron chi connectivity index (χ0n) is 16.5. The molecule has 0 bridgehead atoms. The Morgan fingerprint density at radius 2 is 1.76 bits per heavy atom. The lowest BCUT2D eigenvalue weighted by molar-refractivity contribution is 0.170. The Bertz CT molecular complexity index is 930. The van der Waals surface area contributed by atoms with Crippen molar-refractivity contribution in [1.29, 1.82) is 0 Å². The number of likely N-dealkylation sites (tertiary alicyclic amines) is 1. The second-order valence-corrected chi connectivity index (χ2v) is 8.43. The highest BCUT2D eigenvalue weighted by atomic mass is 32.1. The van der Waals surface area contributed by atoms with Crippen molar-refractivity contribution in [3.63, 3.8) is 0 Å². The van der Waals surface area contributed by atoms with Gasteiger partial charge in [0.2, 0.25) is 0 Å². The number of nitrogens with zero attached hydrogens (tertiary/aromatic N) is 2. The van der Waals surface area contributed by atoms with Gasteiger partial charge in [-0.25, -0.2) is 13.8 Å². The zero-order valence-corrected chi connectivity index (χ0v) is 17.3. The van der Waals surface area contributed by atoms with E-state index in [0.29, 0.717) is 12.1 Å². The molecule has 0 radical (unpaired) electrons. The number of anilines is 1. The third-order valence-electron chi connectivity index (χ3n) is 5.69. The van der Waals surface area contributed by atoms with Crippen molar-refractivity contribution in [3.05, 3.63) is 82.4 Å². The fraction of sp³-hybridized carbons (Fsp3) is 0.348. The monoisotopic (exact) mass is 413 g/mol. The average molecular weight is 414 g/mol. The molecule has 3 aromatic rings. The first-order valence-electron chi connectivity index (χ1n) is 10.0. The van der Waals surface area contributed by atoms with Crippen LogP contribution >= 0.6 is 11.3 Å². The molecule has 0 atom stereocenters. The Morgan fingerprint density at radius 1 is 1.07 bits per heavy atom. The van der Waals surface area contributed by atoms with Gasteiger partial charge in [0, 0.05) is 30.0 Å². The summed E-state index contributed by atoms with van der Waals surface area (Å²) in [4.78, 5) is 7.16. The van der Waals surface area contributed by atoms with Crippen LogP contribution in [0.4, 0.5) is 13.9 Å². The molecule has 1 fully saturated rings. The van der Waals surface area contributed by atoms with Crippen molar-refractivity contribution in [1.82, 2.24) is 9.88 Å². The molecule has 1 aliphatic heterocycles. The molecule has 1 saturated heterocycles. The van der Waals surface area contributed by atoms with Gasteiger partial charge in [-0.1, -0.05) is 30.3 Å². The minimum atomic E-state index is -0.519. The third kappa shape index (κ3) is 4.33. The minimum absolute atomic E-state index is 0.130. The molecular formula is C23H25F2N3S. The molecule has 0 unspecified atom stereocenters. The highest BCUT2D eigenvalue weighted by Gasteiger charge is 2.39. The summed E-state index contributed by atoms with van der Waals surface area (Å²) in [5, 5.41) is 6.44. The first kappa shape index (κ1) is 20.0.